The van der Waals surface area contributed by atoms with Crippen LogP contribution in [0.5, 0.6) is 0 Å². The van der Waals surface area contributed by atoms with Crippen LogP contribution >= 0.6 is 11.8 Å². The van der Waals surface area contributed by atoms with Crippen LogP contribution in [0.15, 0.2) is 52.1 Å². The first-order valence-electron chi connectivity index (χ1n) is 7.18. The third-order valence-corrected chi connectivity index (χ3v) is 4.47. The van der Waals surface area contributed by atoms with Crippen LogP contribution in [-0.4, -0.2) is 10.2 Å². The van der Waals surface area contributed by atoms with E-state index in [1.165, 1.54) is 22.9 Å². The van der Waals surface area contributed by atoms with Gasteiger partial charge in [-0.3, -0.25) is 0 Å². The number of benzene rings is 2. The van der Waals surface area contributed by atoms with Crippen LogP contribution in [0.2, 0.25) is 0 Å². The molecule has 3 rings (SSSR count). The van der Waals surface area contributed by atoms with Crippen molar-refractivity contribution in [2.45, 2.75) is 24.8 Å². The summed E-state index contributed by atoms with van der Waals surface area (Å²) in [5, 5.41) is 17.6. The average molecular weight is 321 g/mol. The van der Waals surface area contributed by atoms with Crippen molar-refractivity contribution in [2.24, 2.45) is 0 Å². The molecule has 0 saturated carbocycles. The van der Waals surface area contributed by atoms with Crippen molar-refractivity contribution in [1.82, 2.24) is 10.2 Å². The monoisotopic (exact) mass is 321 g/mol. The third kappa shape index (κ3) is 3.61. The van der Waals surface area contributed by atoms with Gasteiger partial charge in [-0.05, 0) is 54.8 Å². The number of aryl methyl sites for hydroxylation is 2. The maximum atomic E-state index is 8.92. The van der Waals surface area contributed by atoms with Crippen LogP contribution < -0.4 is 0 Å². The lowest BCUT2D eigenvalue weighted by molar-refractivity contribution is 0.466. The van der Waals surface area contributed by atoms with E-state index in [1.54, 1.807) is 6.07 Å². The van der Waals surface area contributed by atoms with Crippen molar-refractivity contribution in [3.05, 3.63) is 64.7 Å². The molecule has 0 amide bonds. The molecule has 23 heavy (non-hydrogen) atoms. The molecule has 0 N–H and O–H groups in total. The van der Waals surface area contributed by atoms with Crippen molar-refractivity contribution >= 4 is 11.8 Å². The zero-order chi connectivity index (χ0) is 16.2. The SMILES string of the molecule is Cc1ccc(-c2nnc(SCc3cccc(C#N)c3)o2)cc1C. The highest BCUT2D eigenvalue weighted by molar-refractivity contribution is 7.98. The molecule has 4 nitrogen and oxygen atoms in total. The van der Waals surface area contributed by atoms with Gasteiger partial charge in [0.25, 0.3) is 5.22 Å². The molecule has 1 heterocycles. The quantitative estimate of drug-likeness (QED) is 0.661. The standard InChI is InChI=1S/C18H15N3OS/c1-12-6-7-16(8-13(12)2)17-20-21-18(22-17)23-11-15-5-3-4-14(9-15)10-19/h3-9H,11H2,1-2H3. The molecule has 0 bridgehead atoms. The molecule has 0 aliphatic heterocycles. The summed E-state index contributed by atoms with van der Waals surface area (Å²) in [5.41, 5.74) is 5.08. The molecular formula is C18H15N3OS. The van der Waals surface area contributed by atoms with Gasteiger partial charge in [-0.15, -0.1) is 10.2 Å². The van der Waals surface area contributed by atoms with Crippen LogP contribution in [0.1, 0.15) is 22.3 Å². The Balaban J connectivity index is 1.72. The first-order chi connectivity index (χ1) is 11.2. The van der Waals surface area contributed by atoms with Crippen LogP contribution in [0, 0.1) is 25.2 Å². The molecule has 5 heteroatoms. The zero-order valence-electron chi connectivity index (χ0n) is 12.9. The molecular weight excluding hydrogens is 306 g/mol. The molecule has 0 fully saturated rings. The van der Waals surface area contributed by atoms with Crippen molar-refractivity contribution in [3.8, 4) is 17.5 Å². The maximum Gasteiger partial charge on any atom is 0.277 e. The molecule has 1 aromatic heterocycles. The molecule has 114 valence electrons. The predicted molar refractivity (Wildman–Crippen MR) is 89.9 cm³/mol. The van der Waals surface area contributed by atoms with Gasteiger partial charge in [-0.1, -0.05) is 30.0 Å². The number of nitrogens with zero attached hydrogens (tertiary/aromatic N) is 3. The first kappa shape index (κ1) is 15.3. The topological polar surface area (TPSA) is 62.7 Å². The highest BCUT2D eigenvalue weighted by atomic mass is 32.2. The lowest BCUT2D eigenvalue weighted by Gasteiger charge is -2.01. The number of aromatic nitrogens is 2. The van der Waals surface area contributed by atoms with Gasteiger partial charge in [-0.25, -0.2) is 0 Å². The Morgan fingerprint density at radius 1 is 1.09 bits per heavy atom. The Labute approximate surface area is 139 Å². The maximum absolute atomic E-state index is 8.92. The van der Waals surface area contributed by atoms with Gasteiger partial charge in [0, 0.05) is 11.3 Å². The Hall–Kier alpha value is -2.58. The summed E-state index contributed by atoms with van der Waals surface area (Å²) in [4.78, 5) is 0. The molecule has 0 saturated heterocycles. The number of thioether (sulfide) groups is 1. The summed E-state index contributed by atoms with van der Waals surface area (Å²) in [6.07, 6.45) is 0. The molecule has 2 aromatic carbocycles. The van der Waals surface area contributed by atoms with Crippen LogP contribution in [0.3, 0.4) is 0 Å². The summed E-state index contributed by atoms with van der Waals surface area (Å²) >= 11 is 1.47. The number of nitriles is 1. The number of hydrogen-bond acceptors (Lipinski definition) is 5. The van der Waals surface area contributed by atoms with Crippen LogP contribution in [0.4, 0.5) is 0 Å². The second kappa shape index (κ2) is 6.67. The molecule has 0 spiro atoms. The first-order valence-corrected chi connectivity index (χ1v) is 8.17. The van der Waals surface area contributed by atoms with Crippen LogP contribution in [-0.2, 0) is 5.75 Å². The molecule has 0 radical (unpaired) electrons. The summed E-state index contributed by atoms with van der Waals surface area (Å²) in [6.45, 7) is 4.14. The van der Waals surface area contributed by atoms with Crippen molar-refractivity contribution in [1.29, 1.82) is 5.26 Å². The fourth-order valence-electron chi connectivity index (χ4n) is 2.13. The minimum atomic E-state index is 0.528. The highest BCUT2D eigenvalue weighted by Crippen LogP contribution is 2.26. The van der Waals surface area contributed by atoms with E-state index in [9.17, 15) is 0 Å². The van der Waals surface area contributed by atoms with E-state index in [0.717, 1.165) is 11.1 Å². The summed E-state index contributed by atoms with van der Waals surface area (Å²) < 4.78 is 5.72. The lowest BCUT2D eigenvalue weighted by Crippen LogP contribution is -1.83. The molecule has 0 atom stereocenters. The fourth-order valence-corrected chi connectivity index (χ4v) is 2.84. The van der Waals surface area contributed by atoms with Gasteiger partial charge < -0.3 is 4.42 Å². The van der Waals surface area contributed by atoms with Gasteiger partial charge >= 0.3 is 0 Å². The van der Waals surface area contributed by atoms with Gasteiger partial charge in [0.05, 0.1) is 11.6 Å². The third-order valence-electron chi connectivity index (χ3n) is 3.58. The molecule has 0 aliphatic rings. The minimum absolute atomic E-state index is 0.528. The van der Waals surface area contributed by atoms with E-state index in [-0.39, 0.29) is 0 Å². The summed E-state index contributed by atoms with van der Waals surface area (Å²) in [6, 6.07) is 15.7. The molecule has 0 aliphatic carbocycles. The van der Waals surface area contributed by atoms with E-state index in [0.29, 0.717) is 22.4 Å². The van der Waals surface area contributed by atoms with Crippen molar-refractivity contribution in [2.75, 3.05) is 0 Å². The highest BCUT2D eigenvalue weighted by Gasteiger charge is 2.10. The fraction of sp³-hybridized carbons (Fsp3) is 0.167. The molecule has 0 unspecified atom stereocenters. The largest absolute Gasteiger partial charge is 0.411 e. The smallest absolute Gasteiger partial charge is 0.277 e. The Morgan fingerprint density at radius 3 is 2.74 bits per heavy atom. The second-order valence-corrected chi connectivity index (χ2v) is 6.20. The van der Waals surface area contributed by atoms with E-state index < -0.39 is 0 Å². The van der Waals surface area contributed by atoms with E-state index in [4.69, 9.17) is 9.68 Å². The van der Waals surface area contributed by atoms with E-state index >= 15 is 0 Å². The Bertz CT molecular complexity index is 880. The van der Waals surface area contributed by atoms with Gasteiger partial charge in [0.1, 0.15) is 0 Å². The predicted octanol–water partition coefficient (Wildman–Crippen LogP) is 4.52. The Morgan fingerprint density at radius 2 is 1.96 bits per heavy atom. The number of hydrogen-bond donors (Lipinski definition) is 0. The summed E-state index contributed by atoms with van der Waals surface area (Å²) in [7, 11) is 0. The van der Waals surface area contributed by atoms with E-state index in [1.807, 2.05) is 30.3 Å². The Kier molecular flexibility index (Phi) is 4.45. The van der Waals surface area contributed by atoms with Gasteiger partial charge in [0.2, 0.25) is 5.89 Å². The molecule has 3 aromatic rings. The van der Waals surface area contributed by atoms with Crippen molar-refractivity contribution in [3.63, 3.8) is 0 Å². The van der Waals surface area contributed by atoms with Gasteiger partial charge in [0.15, 0.2) is 0 Å². The minimum Gasteiger partial charge on any atom is -0.411 e. The van der Waals surface area contributed by atoms with E-state index in [2.05, 4.69) is 36.2 Å². The number of rotatable bonds is 4. The average Bonchev–Trinajstić information content (AvgIpc) is 3.05. The lowest BCUT2D eigenvalue weighted by atomic mass is 10.1. The zero-order valence-corrected chi connectivity index (χ0v) is 13.7. The van der Waals surface area contributed by atoms with Crippen LogP contribution in [0.25, 0.3) is 11.5 Å². The van der Waals surface area contributed by atoms with Crippen molar-refractivity contribution < 1.29 is 4.42 Å². The summed E-state index contributed by atoms with van der Waals surface area (Å²) in [5.74, 6) is 1.21. The normalized spacial score (nSPS) is 10.5. The van der Waals surface area contributed by atoms with Gasteiger partial charge in [-0.2, -0.15) is 5.26 Å². The second-order valence-electron chi connectivity index (χ2n) is 5.27.